The lowest BCUT2D eigenvalue weighted by Crippen LogP contribution is -2.07. The molecule has 0 atom stereocenters. The van der Waals surface area contributed by atoms with Crippen molar-refractivity contribution in [3.63, 3.8) is 0 Å². The Labute approximate surface area is 393 Å². The molecule has 0 amide bonds. The van der Waals surface area contributed by atoms with E-state index in [4.69, 9.17) is 52.1 Å². The van der Waals surface area contributed by atoms with E-state index in [-0.39, 0.29) is 0 Å². The lowest BCUT2D eigenvalue weighted by molar-refractivity contribution is 0.112. The van der Waals surface area contributed by atoms with Crippen LogP contribution < -0.4 is 52.1 Å². The predicted molar refractivity (Wildman–Crippen MR) is 257 cm³/mol. The molecular weight excluding hydrogens is 853 g/mol. The molecule has 12 heteroatoms. The second kappa shape index (κ2) is 22.3. The van der Waals surface area contributed by atoms with Crippen molar-refractivity contribution in [1.82, 2.24) is 0 Å². The maximum Gasteiger partial charge on any atom is 0.150 e. The number of carbonyl (C=O) groups excluding carboxylic acids is 1. The Morgan fingerprint density at radius 1 is 0.328 bits per heavy atom. The molecule has 0 spiro atoms. The van der Waals surface area contributed by atoms with Crippen molar-refractivity contribution in [2.24, 2.45) is 0 Å². The fourth-order valence-corrected chi connectivity index (χ4v) is 8.69. The molecule has 0 aliphatic heterocycles. The van der Waals surface area contributed by atoms with Crippen molar-refractivity contribution < 1.29 is 56.9 Å². The smallest absolute Gasteiger partial charge is 0.150 e. The van der Waals surface area contributed by atoms with Gasteiger partial charge in [0.05, 0.1) is 77.2 Å². The summed E-state index contributed by atoms with van der Waals surface area (Å²) in [4.78, 5) is 11.1. The average molecular weight is 913 g/mol. The van der Waals surface area contributed by atoms with Crippen molar-refractivity contribution in [1.29, 1.82) is 0 Å². The van der Waals surface area contributed by atoms with Gasteiger partial charge in [0, 0.05) is 93.3 Å². The average Bonchev–Trinajstić information content (AvgIpc) is 3.36. The van der Waals surface area contributed by atoms with Gasteiger partial charge < -0.3 is 52.1 Å². The topological polar surface area (TPSA) is 119 Å². The number of carbonyl (C=O) groups is 1. The van der Waals surface area contributed by atoms with Crippen LogP contribution in [0.25, 0.3) is 0 Å². The maximum absolute atomic E-state index is 11.1. The molecule has 6 aromatic rings. The number of hydrogen-bond acceptors (Lipinski definition) is 12. The van der Waals surface area contributed by atoms with E-state index >= 15 is 0 Å². The van der Waals surface area contributed by atoms with Crippen LogP contribution in [0.2, 0.25) is 0 Å². The molecule has 10 aliphatic carbocycles. The van der Waals surface area contributed by atoms with Crippen LogP contribution in [0.15, 0.2) is 84.9 Å². The standard InChI is InChI=1S/C55H60O12/c1-57-46-25-37-19-39-27-51(62-6)41(29-50(39)61-5)21-43-32-55(67-17-11-10-16-66-45-14-12-34(33-56)13-15-45)44(31-54(43)65-9)22-42-30-52(63-7)40(28-53(42)64-8)20-38-26-48(59-3)36(24-49(38)60-4)18-35(46)23-47(37)58-2/h12-15,23-33H,10-11,16-22H2,1-9H3. The molecule has 0 radical (unpaired) electrons. The van der Waals surface area contributed by atoms with E-state index in [1.54, 1.807) is 88.3 Å². The molecular formula is C55H60O12. The molecule has 0 aromatic heterocycles. The fraction of sp³-hybridized carbons (Fsp3) is 0.327. The number of ether oxygens (including phenoxy) is 11. The van der Waals surface area contributed by atoms with Crippen LogP contribution in [0.5, 0.6) is 63.2 Å². The monoisotopic (exact) mass is 912 g/mol. The van der Waals surface area contributed by atoms with Gasteiger partial charge in [0.15, 0.2) is 0 Å². The molecule has 0 N–H and O–H groups in total. The number of rotatable bonds is 17. The summed E-state index contributed by atoms with van der Waals surface area (Å²) in [6.45, 7) is 0.941. The zero-order valence-corrected chi connectivity index (χ0v) is 39.9. The summed E-state index contributed by atoms with van der Waals surface area (Å²) < 4.78 is 67.2. The van der Waals surface area contributed by atoms with Gasteiger partial charge in [0.25, 0.3) is 0 Å². The molecule has 352 valence electrons. The first-order chi connectivity index (χ1) is 32.7. The predicted octanol–water partition coefficient (Wildman–Crippen LogP) is 10.1. The Morgan fingerprint density at radius 3 is 0.791 bits per heavy atom. The van der Waals surface area contributed by atoms with Gasteiger partial charge in [-0.1, -0.05) is 0 Å². The second-order valence-corrected chi connectivity index (χ2v) is 16.2. The zero-order chi connectivity index (χ0) is 47.5. The summed E-state index contributed by atoms with van der Waals surface area (Å²) in [5.74, 6) is 7.70. The quantitative estimate of drug-likeness (QED) is 0.0639. The number of unbranched alkanes of at least 4 members (excludes halogenated alkanes) is 1. The summed E-state index contributed by atoms with van der Waals surface area (Å²) in [6.07, 6.45) is 4.66. The molecule has 0 fully saturated rings. The minimum atomic E-state index is 0.441. The Hall–Kier alpha value is -7.21. The summed E-state index contributed by atoms with van der Waals surface area (Å²) in [6, 6.07) is 27.4. The summed E-state index contributed by atoms with van der Waals surface area (Å²) in [5, 5.41) is 0. The van der Waals surface area contributed by atoms with Gasteiger partial charge in [-0.15, -0.1) is 0 Å². The first-order valence-electron chi connectivity index (χ1n) is 22.2. The molecule has 12 nitrogen and oxygen atoms in total. The number of benzene rings is 6. The largest absolute Gasteiger partial charge is 0.496 e. The van der Waals surface area contributed by atoms with E-state index in [2.05, 4.69) is 6.07 Å². The summed E-state index contributed by atoms with van der Waals surface area (Å²) in [7, 11) is 15.1. The molecule has 0 saturated carbocycles. The number of methoxy groups -OCH3 is 9. The Kier molecular flexibility index (Phi) is 15.9. The van der Waals surface area contributed by atoms with Crippen molar-refractivity contribution in [2.75, 3.05) is 77.2 Å². The van der Waals surface area contributed by atoms with Crippen molar-refractivity contribution in [2.45, 2.75) is 44.9 Å². The molecule has 0 heterocycles. The molecule has 6 aromatic carbocycles. The molecule has 10 aliphatic rings. The Balaban J connectivity index is 1.34. The van der Waals surface area contributed by atoms with Crippen LogP contribution in [0.1, 0.15) is 78.8 Å². The highest BCUT2D eigenvalue weighted by atomic mass is 16.5. The van der Waals surface area contributed by atoms with Crippen LogP contribution in [0.4, 0.5) is 0 Å². The van der Waals surface area contributed by atoms with E-state index in [1.165, 1.54) is 0 Å². The normalized spacial score (nSPS) is 12.0. The molecule has 0 unspecified atom stereocenters. The molecule has 16 rings (SSSR count). The van der Waals surface area contributed by atoms with Gasteiger partial charge in [-0.25, -0.2) is 0 Å². The van der Waals surface area contributed by atoms with Gasteiger partial charge in [-0.2, -0.15) is 0 Å². The van der Waals surface area contributed by atoms with Gasteiger partial charge in [-0.3, -0.25) is 4.79 Å². The number of aldehydes is 1. The highest BCUT2D eigenvalue weighted by molar-refractivity contribution is 5.74. The first kappa shape index (κ1) is 47.7. The second-order valence-electron chi connectivity index (χ2n) is 16.2. The molecule has 67 heavy (non-hydrogen) atoms. The third kappa shape index (κ3) is 10.9. The maximum atomic E-state index is 11.1. The van der Waals surface area contributed by atoms with Crippen molar-refractivity contribution >= 4 is 6.29 Å². The van der Waals surface area contributed by atoms with Gasteiger partial charge in [0.1, 0.15) is 69.5 Å². The van der Waals surface area contributed by atoms with E-state index in [1.807, 2.05) is 54.6 Å². The van der Waals surface area contributed by atoms with Crippen molar-refractivity contribution in [3.05, 3.63) is 146 Å². The van der Waals surface area contributed by atoms with Crippen LogP contribution in [0, 0.1) is 0 Å². The van der Waals surface area contributed by atoms with E-state index in [0.29, 0.717) is 114 Å². The minimum Gasteiger partial charge on any atom is -0.496 e. The minimum absolute atomic E-state index is 0.441. The first-order valence-corrected chi connectivity index (χ1v) is 22.2. The van der Waals surface area contributed by atoms with E-state index < -0.39 is 0 Å². The third-order valence-electron chi connectivity index (χ3n) is 12.2. The van der Waals surface area contributed by atoms with Crippen molar-refractivity contribution in [3.8, 4) is 63.2 Å². The summed E-state index contributed by atoms with van der Waals surface area (Å²) in [5.41, 5.74) is 9.69. The van der Waals surface area contributed by atoms with Crippen LogP contribution >= 0.6 is 0 Å². The SMILES string of the molecule is COc1cc2c(OC)cc1Cc1cc(OC)c(cc1OC)Cc1cc(OC)c(cc1OC)Cc1cc(OC)c(cc1OCCCCOc1ccc(C=O)cc1)Cc1cc(OC)c(cc1OC)C2. The fourth-order valence-electron chi connectivity index (χ4n) is 8.69. The van der Waals surface area contributed by atoms with E-state index in [9.17, 15) is 4.79 Å². The lowest BCUT2D eigenvalue weighted by Gasteiger charge is -2.20. The van der Waals surface area contributed by atoms with Crippen LogP contribution in [-0.2, 0) is 32.1 Å². The molecule has 0 saturated heterocycles. The number of hydrogen-bond donors (Lipinski definition) is 0. The highest BCUT2D eigenvalue weighted by Gasteiger charge is 2.23. The highest BCUT2D eigenvalue weighted by Crippen LogP contribution is 2.42. The molecule has 10 bridgehead atoms. The van der Waals surface area contributed by atoms with Crippen LogP contribution in [-0.4, -0.2) is 83.5 Å². The Bertz CT molecular complexity index is 2670. The summed E-state index contributed by atoms with van der Waals surface area (Å²) >= 11 is 0. The zero-order valence-electron chi connectivity index (χ0n) is 39.9. The van der Waals surface area contributed by atoms with Crippen LogP contribution in [0.3, 0.4) is 0 Å². The third-order valence-corrected chi connectivity index (χ3v) is 12.2. The lowest BCUT2D eigenvalue weighted by atomic mass is 9.94. The van der Waals surface area contributed by atoms with E-state index in [0.717, 1.165) is 74.8 Å². The Morgan fingerprint density at radius 2 is 0.552 bits per heavy atom. The van der Waals surface area contributed by atoms with Gasteiger partial charge in [-0.05, 0) is 97.8 Å². The van der Waals surface area contributed by atoms with Gasteiger partial charge >= 0.3 is 0 Å². The van der Waals surface area contributed by atoms with Gasteiger partial charge in [0.2, 0.25) is 0 Å².